The molecule has 0 fully saturated rings. The molecule has 7 heteroatoms. The van der Waals surface area contributed by atoms with Gasteiger partial charge in [0.2, 0.25) is 5.91 Å². The summed E-state index contributed by atoms with van der Waals surface area (Å²) in [5, 5.41) is 2.78. The molecule has 0 saturated heterocycles. The van der Waals surface area contributed by atoms with Gasteiger partial charge in [0.1, 0.15) is 26.4 Å². The van der Waals surface area contributed by atoms with E-state index in [4.69, 9.17) is 18.9 Å². The van der Waals surface area contributed by atoms with Crippen molar-refractivity contribution < 1.29 is 28.5 Å². The van der Waals surface area contributed by atoms with Crippen LogP contribution in [-0.4, -0.2) is 38.1 Å². The summed E-state index contributed by atoms with van der Waals surface area (Å²) in [6.45, 7) is 1.96. The summed E-state index contributed by atoms with van der Waals surface area (Å²) in [7, 11) is 0. The molecule has 0 atom stereocenters. The number of anilines is 1. The minimum atomic E-state index is -0.238. The first-order valence-corrected chi connectivity index (χ1v) is 8.81. The van der Waals surface area contributed by atoms with E-state index in [1.807, 2.05) is 0 Å². The van der Waals surface area contributed by atoms with Crippen molar-refractivity contribution >= 4 is 17.4 Å². The zero-order valence-corrected chi connectivity index (χ0v) is 14.7. The third-order valence-electron chi connectivity index (χ3n) is 4.27. The van der Waals surface area contributed by atoms with Crippen molar-refractivity contribution in [3.05, 3.63) is 42.0 Å². The summed E-state index contributed by atoms with van der Waals surface area (Å²) in [5.74, 6) is 2.10. The average molecular weight is 369 g/mol. The first-order chi connectivity index (χ1) is 13.2. The number of hydrogen-bond donors (Lipinski definition) is 1. The van der Waals surface area contributed by atoms with Gasteiger partial charge in [-0.15, -0.1) is 0 Å². The highest BCUT2D eigenvalue weighted by molar-refractivity contribution is 6.00. The lowest BCUT2D eigenvalue weighted by Gasteiger charge is -2.19. The highest BCUT2D eigenvalue weighted by Gasteiger charge is 2.17. The van der Waals surface area contributed by atoms with Crippen molar-refractivity contribution in [3.63, 3.8) is 0 Å². The molecule has 27 heavy (non-hydrogen) atoms. The summed E-state index contributed by atoms with van der Waals surface area (Å²) in [4.78, 5) is 24.5. The number of ketones is 1. The number of ether oxygens (including phenoxy) is 4. The molecule has 0 aromatic heterocycles. The maximum absolute atomic E-state index is 12.4. The molecule has 4 rings (SSSR count). The second kappa shape index (κ2) is 7.57. The van der Waals surface area contributed by atoms with Gasteiger partial charge in [-0.2, -0.15) is 0 Å². The minimum Gasteiger partial charge on any atom is -0.486 e. The number of amides is 1. The smallest absolute Gasteiger partial charge is 0.224 e. The summed E-state index contributed by atoms with van der Waals surface area (Å²) in [6, 6.07) is 10.3. The maximum atomic E-state index is 12.4. The lowest BCUT2D eigenvalue weighted by Crippen LogP contribution is -2.17. The Kier molecular flexibility index (Phi) is 4.82. The zero-order valence-electron chi connectivity index (χ0n) is 14.7. The maximum Gasteiger partial charge on any atom is 0.224 e. The van der Waals surface area contributed by atoms with Crippen LogP contribution >= 0.6 is 0 Å². The Morgan fingerprint density at radius 2 is 1.33 bits per heavy atom. The summed E-state index contributed by atoms with van der Waals surface area (Å²) >= 11 is 0. The second-order valence-corrected chi connectivity index (χ2v) is 6.19. The van der Waals surface area contributed by atoms with E-state index < -0.39 is 0 Å². The van der Waals surface area contributed by atoms with E-state index in [-0.39, 0.29) is 24.5 Å². The Balaban J connectivity index is 1.33. The van der Waals surface area contributed by atoms with Crippen LogP contribution in [0.3, 0.4) is 0 Å². The summed E-state index contributed by atoms with van der Waals surface area (Å²) < 4.78 is 21.9. The normalized spacial score (nSPS) is 14.4. The number of carbonyl (C=O) groups excluding carboxylic acids is 2. The van der Waals surface area contributed by atoms with Crippen molar-refractivity contribution in [2.45, 2.75) is 12.8 Å². The average Bonchev–Trinajstić information content (AvgIpc) is 2.71. The van der Waals surface area contributed by atoms with Gasteiger partial charge in [0.05, 0.1) is 0 Å². The predicted octanol–water partition coefficient (Wildman–Crippen LogP) is 2.83. The largest absolute Gasteiger partial charge is 0.486 e. The van der Waals surface area contributed by atoms with Gasteiger partial charge in [-0.05, 0) is 30.3 Å². The van der Waals surface area contributed by atoms with Crippen LogP contribution in [0.15, 0.2) is 36.4 Å². The van der Waals surface area contributed by atoms with Crippen molar-refractivity contribution in [1.82, 2.24) is 0 Å². The van der Waals surface area contributed by atoms with Crippen LogP contribution in [0.4, 0.5) is 5.69 Å². The van der Waals surface area contributed by atoms with Crippen LogP contribution in [0.25, 0.3) is 0 Å². The number of rotatable bonds is 5. The van der Waals surface area contributed by atoms with E-state index >= 15 is 0 Å². The van der Waals surface area contributed by atoms with E-state index in [9.17, 15) is 9.59 Å². The molecule has 0 saturated carbocycles. The zero-order chi connectivity index (χ0) is 18.6. The van der Waals surface area contributed by atoms with Gasteiger partial charge < -0.3 is 24.3 Å². The Morgan fingerprint density at radius 1 is 0.741 bits per heavy atom. The molecule has 2 aliphatic rings. The van der Waals surface area contributed by atoms with Gasteiger partial charge in [0.15, 0.2) is 28.8 Å². The number of Topliss-reactive ketones (excluding diaryl/α,β-unsaturated/α-hetero) is 1. The second-order valence-electron chi connectivity index (χ2n) is 6.19. The highest BCUT2D eigenvalue weighted by Crippen LogP contribution is 2.33. The molecule has 140 valence electrons. The number of nitrogens with one attached hydrogen (secondary N) is 1. The Labute approximate surface area is 156 Å². The molecule has 2 heterocycles. The van der Waals surface area contributed by atoms with Gasteiger partial charge in [-0.1, -0.05) is 0 Å². The van der Waals surface area contributed by atoms with Crippen LogP contribution in [0.1, 0.15) is 23.2 Å². The molecule has 2 aromatic carbocycles. The van der Waals surface area contributed by atoms with Crippen LogP contribution in [-0.2, 0) is 4.79 Å². The van der Waals surface area contributed by atoms with Gasteiger partial charge in [-0.25, -0.2) is 0 Å². The third-order valence-corrected chi connectivity index (χ3v) is 4.27. The Hall–Kier alpha value is -3.22. The van der Waals surface area contributed by atoms with E-state index in [1.54, 1.807) is 36.4 Å². The molecule has 2 aliphatic heterocycles. The monoisotopic (exact) mass is 369 g/mol. The van der Waals surface area contributed by atoms with Crippen molar-refractivity contribution in [2.24, 2.45) is 0 Å². The van der Waals surface area contributed by atoms with Gasteiger partial charge >= 0.3 is 0 Å². The first kappa shape index (κ1) is 17.2. The fourth-order valence-electron chi connectivity index (χ4n) is 2.93. The standard InChI is InChI=1S/C20H19NO6/c22-15(13-1-4-16-18(11-13)26-9-7-24-16)3-6-20(23)21-14-2-5-17-19(12-14)27-10-8-25-17/h1-2,4-5,11-12H,3,6-10H2,(H,21,23). The van der Waals surface area contributed by atoms with E-state index in [0.29, 0.717) is 60.7 Å². The van der Waals surface area contributed by atoms with E-state index in [0.717, 1.165) is 0 Å². The number of carbonyl (C=O) groups is 2. The third kappa shape index (κ3) is 3.97. The van der Waals surface area contributed by atoms with Crippen LogP contribution in [0.2, 0.25) is 0 Å². The molecule has 0 aliphatic carbocycles. The summed E-state index contributed by atoms with van der Waals surface area (Å²) in [6.07, 6.45) is 0.192. The first-order valence-electron chi connectivity index (χ1n) is 8.81. The molecule has 0 bridgehead atoms. The summed E-state index contributed by atoms with van der Waals surface area (Å²) in [5.41, 5.74) is 1.11. The molecular weight excluding hydrogens is 350 g/mol. The molecule has 0 unspecified atom stereocenters. The van der Waals surface area contributed by atoms with Crippen LogP contribution < -0.4 is 24.3 Å². The van der Waals surface area contributed by atoms with Crippen LogP contribution in [0.5, 0.6) is 23.0 Å². The Morgan fingerprint density at radius 3 is 2.04 bits per heavy atom. The van der Waals surface area contributed by atoms with Crippen molar-refractivity contribution in [2.75, 3.05) is 31.7 Å². The molecule has 1 N–H and O–H groups in total. The van der Waals surface area contributed by atoms with Crippen molar-refractivity contribution in [1.29, 1.82) is 0 Å². The predicted molar refractivity (Wildman–Crippen MR) is 97.1 cm³/mol. The molecule has 0 radical (unpaired) electrons. The van der Waals surface area contributed by atoms with Gasteiger partial charge in [0, 0.05) is 30.2 Å². The minimum absolute atomic E-state index is 0.0850. The fraction of sp³-hybridized carbons (Fsp3) is 0.300. The fourth-order valence-corrected chi connectivity index (χ4v) is 2.93. The number of hydrogen-bond acceptors (Lipinski definition) is 6. The van der Waals surface area contributed by atoms with E-state index in [2.05, 4.69) is 5.32 Å². The quantitative estimate of drug-likeness (QED) is 0.816. The number of benzene rings is 2. The van der Waals surface area contributed by atoms with Gasteiger partial charge in [-0.3, -0.25) is 9.59 Å². The van der Waals surface area contributed by atoms with E-state index in [1.165, 1.54) is 0 Å². The van der Waals surface area contributed by atoms with Gasteiger partial charge in [0.25, 0.3) is 0 Å². The molecule has 1 amide bonds. The molecule has 0 spiro atoms. The molecule has 2 aromatic rings. The molecule has 7 nitrogen and oxygen atoms in total. The Bertz CT molecular complexity index is 879. The SMILES string of the molecule is O=C(CCC(=O)c1ccc2c(c1)OCCO2)Nc1ccc2c(c1)OCCO2. The molecular formula is C20H19NO6. The lowest BCUT2D eigenvalue weighted by molar-refractivity contribution is -0.116. The number of fused-ring (bicyclic) bond motifs is 2. The lowest BCUT2D eigenvalue weighted by atomic mass is 10.1. The van der Waals surface area contributed by atoms with Crippen LogP contribution in [0, 0.1) is 0 Å². The topological polar surface area (TPSA) is 83.1 Å². The highest BCUT2D eigenvalue weighted by atomic mass is 16.6. The van der Waals surface area contributed by atoms with Crippen molar-refractivity contribution in [3.8, 4) is 23.0 Å².